The molecule has 0 atom stereocenters. The summed E-state index contributed by atoms with van der Waals surface area (Å²) in [6.07, 6.45) is 6.81. The summed E-state index contributed by atoms with van der Waals surface area (Å²) in [5.74, 6) is 0.892. The Kier molecular flexibility index (Phi) is 5.97. The van der Waals surface area contributed by atoms with Gasteiger partial charge in [-0.05, 0) is 43.5 Å². The maximum Gasteiger partial charge on any atom is 0.287 e. The average molecular weight is 344 g/mol. The van der Waals surface area contributed by atoms with Crippen LogP contribution in [-0.2, 0) is 6.54 Å². The van der Waals surface area contributed by atoms with Gasteiger partial charge in [0.2, 0.25) is 0 Å². The van der Waals surface area contributed by atoms with E-state index in [0.29, 0.717) is 17.1 Å². The predicted molar refractivity (Wildman–Crippen MR) is 99.1 cm³/mol. The van der Waals surface area contributed by atoms with E-state index in [9.17, 15) is 4.79 Å². The molecule has 0 unspecified atom stereocenters. The van der Waals surface area contributed by atoms with Gasteiger partial charge in [0, 0.05) is 18.0 Å². The zero-order valence-corrected chi connectivity index (χ0v) is 15.2. The van der Waals surface area contributed by atoms with Crippen LogP contribution in [0.5, 0.6) is 5.75 Å². The Hall–Kier alpha value is -2.01. The minimum atomic E-state index is -0.130. The van der Waals surface area contributed by atoms with Gasteiger partial charge >= 0.3 is 0 Å². The summed E-state index contributed by atoms with van der Waals surface area (Å²) >= 11 is 0. The quantitative estimate of drug-likeness (QED) is 0.711. The molecule has 0 bridgehead atoms. The highest BCUT2D eigenvalue weighted by atomic mass is 16.5. The predicted octanol–water partition coefficient (Wildman–Crippen LogP) is 4.00. The summed E-state index contributed by atoms with van der Waals surface area (Å²) in [6.45, 7) is 3.92. The van der Waals surface area contributed by atoms with Crippen LogP contribution in [0, 0.1) is 0 Å². The minimum absolute atomic E-state index is 0.130. The molecule has 1 aliphatic rings. The molecule has 2 N–H and O–H groups in total. The van der Waals surface area contributed by atoms with E-state index in [0.717, 1.165) is 43.3 Å². The number of unbranched alkanes of at least 4 members (excludes halogenated alkanes) is 1. The minimum Gasteiger partial charge on any atom is -0.493 e. The number of furan rings is 1. The molecule has 1 aromatic carbocycles. The Morgan fingerprint density at radius 2 is 2.12 bits per heavy atom. The van der Waals surface area contributed by atoms with Crippen molar-refractivity contribution in [3.05, 3.63) is 29.5 Å². The van der Waals surface area contributed by atoms with Gasteiger partial charge in [-0.3, -0.25) is 4.79 Å². The first-order chi connectivity index (χ1) is 12.2. The van der Waals surface area contributed by atoms with Crippen molar-refractivity contribution in [3.8, 4) is 5.75 Å². The van der Waals surface area contributed by atoms with Gasteiger partial charge in [0.15, 0.2) is 17.1 Å². The molecule has 2 aromatic rings. The summed E-state index contributed by atoms with van der Waals surface area (Å²) in [7, 11) is 1.62. The fourth-order valence-electron chi connectivity index (χ4n) is 3.43. The van der Waals surface area contributed by atoms with Crippen LogP contribution in [0.25, 0.3) is 11.0 Å². The fraction of sp³-hybridized carbons (Fsp3) is 0.550. The molecule has 1 saturated carbocycles. The van der Waals surface area contributed by atoms with E-state index >= 15 is 0 Å². The maximum absolute atomic E-state index is 12.5. The molecule has 1 fully saturated rings. The molecule has 1 amide bonds. The van der Waals surface area contributed by atoms with Crippen molar-refractivity contribution in [3.63, 3.8) is 0 Å². The van der Waals surface area contributed by atoms with Crippen LogP contribution in [0.3, 0.4) is 0 Å². The highest BCUT2D eigenvalue weighted by Gasteiger charge is 2.22. The van der Waals surface area contributed by atoms with Gasteiger partial charge in [-0.25, -0.2) is 0 Å². The number of hydrogen-bond donors (Lipinski definition) is 2. The number of carbonyl (C=O) groups excluding carboxylic acids is 1. The van der Waals surface area contributed by atoms with E-state index < -0.39 is 0 Å². The first-order valence-electron chi connectivity index (χ1n) is 9.34. The second-order valence-corrected chi connectivity index (χ2v) is 6.77. The third-order valence-electron chi connectivity index (χ3n) is 4.89. The lowest BCUT2D eigenvalue weighted by Crippen LogP contribution is -2.32. The van der Waals surface area contributed by atoms with E-state index in [1.807, 2.05) is 18.2 Å². The average Bonchev–Trinajstić information content (AvgIpc) is 3.28. The van der Waals surface area contributed by atoms with Gasteiger partial charge in [-0.2, -0.15) is 0 Å². The van der Waals surface area contributed by atoms with Gasteiger partial charge in [0.1, 0.15) is 0 Å². The van der Waals surface area contributed by atoms with Gasteiger partial charge in [-0.1, -0.05) is 32.3 Å². The van der Waals surface area contributed by atoms with Crippen LogP contribution < -0.4 is 15.4 Å². The van der Waals surface area contributed by atoms with Crippen molar-refractivity contribution in [2.75, 3.05) is 13.7 Å². The molecule has 3 rings (SSSR count). The van der Waals surface area contributed by atoms with Crippen molar-refractivity contribution < 1.29 is 13.9 Å². The number of hydrogen-bond acceptors (Lipinski definition) is 4. The molecular weight excluding hydrogens is 316 g/mol. The zero-order valence-electron chi connectivity index (χ0n) is 15.2. The molecule has 5 nitrogen and oxygen atoms in total. The summed E-state index contributed by atoms with van der Waals surface area (Å²) in [4.78, 5) is 12.5. The largest absolute Gasteiger partial charge is 0.493 e. The number of amides is 1. The monoisotopic (exact) mass is 344 g/mol. The number of carbonyl (C=O) groups is 1. The van der Waals surface area contributed by atoms with Crippen LogP contribution >= 0.6 is 0 Å². The van der Waals surface area contributed by atoms with Crippen LogP contribution in [0.15, 0.2) is 22.6 Å². The molecule has 5 heteroatoms. The maximum atomic E-state index is 12.5. The first kappa shape index (κ1) is 17.8. The standard InChI is InChI=1S/C20H28N2O3/c1-3-4-11-21-13-14-9-10-17(24-2)19-16(14)12-18(25-19)20(23)22-15-7-5-6-8-15/h9-10,12,15,21H,3-8,11,13H2,1-2H3,(H,22,23). The van der Waals surface area contributed by atoms with Crippen molar-refractivity contribution in [1.82, 2.24) is 10.6 Å². The highest BCUT2D eigenvalue weighted by molar-refractivity contribution is 5.98. The van der Waals surface area contributed by atoms with Crippen LogP contribution in [-0.4, -0.2) is 25.6 Å². The van der Waals surface area contributed by atoms with Crippen molar-refractivity contribution in [2.24, 2.45) is 0 Å². The lowest BCUT2D eigenvalue weighted by Gasteiger charge is -2.09. The lowest BCUT2D eigenvalue weighted by atomic mass is 10.1. The van der Waals surface area contributed by atoms with E-state index in [1.165, 1.54) is 19.3 Å². The van der Waals surface area contributed by atoms with E-state index in [1.54, 1.807) is 7.11 Å². The van der Waals surface area contributed by atoms with E-state index in [-0.39, 0.29) is 11.9 Å². The molecule has 0 aliphatic heterocycles. The Morgan fingerprint density at radius 1 is 1.32 bits per heavy atom. The molecule has 0 saturated heterocycles. The van der Waals surface area contributed by atoms with Gasteiger partial charge in [-0.15, -0.1) is 0 Å². The third kappa shape index (κ3) is 4.15. The molecule has 25 heavy (non-hydrogen) atoms. The fourth-order valence-corrected chi connectivity index (χ4v) is 3.43. The topological polar surface area (TPSA) is 63.5 Å². The summed E-state index contributed by atoms with van der Waals surface area (Å²) in [5, 5.41) is 7.47. The zero-order chi connectivity index (χ0) is 17.6. The molecule has 136 valence electrons. The van der Waals surface area contributed by atoms with E-state index in [4.69, 9.17) is 9.15 Å². The molecule has 1 aromatic heterocycles. The Labute approximate surface area is 149 Å². The highest BCUT2D eigenvalue weighted by Crippen LogP contribution is 2.32. The Bertz CT molecular complexity index is 717. The second kappa shape index (κ2) is 8.39. The van der Waals surface area contributed by atoms with Crippen molar-refractivity contribution in [2.45, 2.75) is 58.0 Å². The van der Waals surface area contributed by atoms with Gasteiger partial charge in [0.25, 0.3) is 5.91 Å². The second-order valence-electron chi connectivity index (χ2n) is 6.77. The smallest absolute Gasteiger partial charge is 0.287 e. The normalized spacial score (nSPS) is 15.0. The molecule has 0 spiro atoms. The van der Waals surface area contributed by atoms with Gasteiger partial charge < -0.3 is 19.8 Å². The molecule has 1 aliphatic carbocycles. The summed E-state index contributed by atoms with van der Waals surface area (Å²) < 4.78 is 11.3. The Morgan fingerprint density at radius 3 is 2.84 bits per heavy atom. The Balaban J connectivity index is 1.81. The van der Waals surface area contributed by atoms with Gasteiger partial charge in [0.05, 0.1) is 7.11 Å². The van der Waals surface area contributed by atoms with Crippen LogP contribution in [0.2, 0.25) is 0 Å². The number of nitrogens with one attached hydrogen (secondary N) is 2. The first-order valence-corrected chi connectivity index (χ1v) is 9.34. The molecule has 0 radical (unpaired) electrons. The molecule has 1 heterocycles. The lowest BCUT2D eigenvalue weighted by molar-refractivity contribution is 0.0912. The van der Waals surface area contributed by atoms with Crippen LogP contribution in [0.1, 0.15) is 61.6 Å². The SMILES string of the molecule is CCCCNCc1ccc(OC)c2oc(C(=O)NC3CCCC3)cc12. The number of rotatable bonds is 8. The van der Waals surface area contributed by atoms with E-state index in [2.05, 4.69) is 17.6 Å². The van der Waals surface area contributed by atoms with Crippen molar-refractivity contribution in [1.29, 1.82) is 0 Å². The summed E-state index contributed by atoms with van der Waals surface area (Å²) in [5.41, 5.74) is 1.77. The number of fused-ring (bicyclic) bond motifs is 1. The number of ether oxygens (including phenoxy) is 1. The third-order valence-corrected chi connectivity index (χ3v) is 4.89. The molecular formula is C20H28N2O3. The summed E-state index contributed by atoms with van der Waals surface area (Å²) in [6, 6.07) is 6.06. The van der Waals surface area contributed by atoms with Crippen LogP contribution in [0.4, 0.5) is 0 Å². The number of benzene rings is 1. The number of methoxy groups -OCH3 is 1. The van der Waals surface area contributed by atoms with Crippen molar-refractivity contribution >= 4 is 16.9 Å².